The number of hydrogen-bond donors (Lipinski definition) is 3. The highest BCUT2D eigenvalue weighted by Crippen LogP contribution is 2.38. The zero-order valence-corrected chi connectivity index (χ0v) is 12.3. The molecule has 118 valence electrons. The van der Waals surface area contributed by atoms with E-state index in [9.17, 15) is 19.5 Å². The van der Waals surface area contributed by atoms with Crippen LogP contribution in [0.4, 0.5) is 4.79 Å². The normalized spacial score (nSPS) is 30.1. The Morgan fingerprint density at radius 1 is 1.24 bits per heavy atom. The number of carboxylic acids is 1. The van der Waals surface area contributed by atoms with Gasteiger partial charge < -0.3 is 21.1 Å². The van der Waals surface area contributed by atoms with Gasteiger partial charge in [-0.15, -0.1) is 0 Å². The van der Waals surface area contributed by atoms with Gasteiger partial charge in [0, 0.05) is 25.0 Å². The van der Waals surface area contributed by atoms with E-state index in [1.807, 2.05) is 0 Å². The van der Waals surface area contributed by atoms with Crippen molar-refractivity contribution in [1.29, 1.82) is 0 Å². The number of amides is 3. The smallest absolute Gasteiger partial charge is 0.317 e. The van der Waals surface area contributed by atoms with Crippen LogP contribution in [0.25, 0.3) is 0 Å². The molecule has 0 aromatic heterocycles. The van der Waals surface area contributed by atoms with Gasteiger partial charge in [0.1, 0.15) is 0 Å². The molecule has 1 heterocycles. The van der Waals surface area contributed by atoms with Crippen LogP contribution in [-0.4, -0.2) is 47.0 Å². The zero-order chi connectivity index (χ0) is 15.6. The minimum Gasteiger partial charge on any atom is -0.481 e. The highest BCUT2D eigenvalue weighted by atomic mass is 16.4. The summed E-state index contributed by atoms with van der Waals surface area (Å²) < 4.78 is 0. The van der Waals surface area contributed by atoms with Crippen LogP contribution in [0.15, 0.2) is 0 Å². The van der Waals surface area contributed by atoms with E-state index < -0.39 is 11.4 Å². The maximum Gasteiger partial charge on any atom is 0.317 e. The summed E-state index contributed by atoms with van der Waals surface area (Å²) in [6, 6.07) is -0.575. The number of rotatable bonds is 3. The molecule has 0 aromatic carbocycles. The van der Waals surface area contributed by atoms with Crippen LogP contribution in [0.5, 0.6) is 0 Å². The lowest BCUT2D eigenvalue weighted by atomic mass is 9.85. The third-order valence-electron chi connectivity index (χ3n) is 4.93. The third-order valence-corrected chi connectivity index (χ3v) is 4.93. The van der Waals surface area contributed by atoms with Gasteiger partial charge in [0.25, 0.3) is 0 Å². The predicted molar refractivity (Wildman–Crippen MR) is 75.4 cm³/mol. The molecule has 2 atom stereocenters. The van der Waals surface area contributed by atoms with Crippen LogP contribution >= 0.6 is 0 Å². The van der Waals surface area contributed by atoms with Crippen molar-refractivity contribution < 1.29 is 19.5 Å². The van der Waals surface area contributed by atoms with Crippen molar-refractivity contribution >= 4 is 17.9 Å². The topological polar surface area (TPSA) is 113 Å². The fourth-order valence-electron chi connectivity index (χ4n) is 3.26. The number of aliphatic carboxylic acids is 1. The van der Waals surface area contributed by atoms with Gasteiger partial charge in [-0.1, -0.05) is 6.42 Å². The second-order valence-electron chi connectivity index (χ2n) is 6.28. The van der Waals surface area contributed by atoms with Gasteiger partial charge >= 0.3 is 12.0 Å². The summed E-state index contributed by atoms with van der Waals surface area (Å²) in [5.74, 6) is -1.34. The highest BCUT2D eigenvalue weighted by Gasteiger charge is 2.46. The largest absolute Gasteiger partial charge is 0.481 e. The van der Waals surface area contributed by atoms with Crippen LogP contribution < -0.4 is 11.1 Å². The molecule has 1 aliphatic heterocycles. The minimum atomic E-state index is -0.888. The number of carboxylic acid groups (broad SMARTS) is 1. The molecule has 1 saturated heterocycles. The van der Waals surface area contributed by atoms with E-state index in [1.165, 1.54) is 0 Å². The molecular formula is C14H23N3O4. The fraction of sp³-hybridized carbons (Fsp3) is 0.786. The maximum atomic E-state index is 12.2. The summed E-state index contributed by atoms with van der Waals surface area (Å²) in [7, 11) is 0. The third kappa shape index (κ3) is 3.11. The molecule has 2 rings (SSSR count). The van der Waals surface area contributed by atoms with Crippen LogP contribution in [0.2, 0.25) is 0 Å². The lowest BCUT2D eigenvalue weighted by molar-refractivity contribution is -0.148. The monoisotopic (exact) mass is 297 g/mol. The minimum absolute atomic E-state index is 0.162. The molecule has 0 radical (unpaired) electrons. The molecule has 2 aliphatic rings. The molecule has 21 heavy (non-hydrogen) atoms. The molecule has 2 unspecified atom stereocenters. The first-order chi connectivity index (χ1) is 9.84. The van der Waals surface area contributed by atoms with Crippen molar-refractivity contribution in [3.63, 3.8) is 0 Å². The predicted octanol–water partition coefficient (Wildman–Crippen LogP) is 0.537. The quantitative estimate of drug-likeness (QED) is 0.705. The molecule has 1 saturated carbocycles. The Kier molecular flexibility index (Phi) is 4.39. The second kappa shape index (κ2) is 5.91. The van der Waals surface area contributed by atoms with Gasteiger partial charge in [-0.2, -0.15) is 0 Å². The van der Waals surface area contributed by atoms with Gasteiger partial charge in [-0.05, 0) is 32.6 Å². The zero-order valence-electron chi connectivity index (χ0n) is 12.3. The summed E-state index contributed by atoms with van der Waals surface area (Å²) in [5.41, 5.74) is 4.38. The van der Waals surface area contributed by atoms with Gasteiger partial charge in [-0.25, -0.2) is 4.79 Å². The number of carbonyl (C=O) groups is 3. The van der Waals surface area contributed by atoms with E-state index in [4.69, 9.17) is 5.73 Å². The number of primary amides is 1. The van der Waals surface area contributed by atoms with E-state index in [0.29, 0.717) is 38.8 Å². The Morgan fingerprint density at radius 3 is 2.38 bits per heavy atom. The number of nitrogens with two attached hydrogens (primary N) is 1. The van der Waals surface area contributed by atoms with Crippen LogP contribution in [0.1, 0.15) is 39.0 Å². The van der Waals surface area contributed by atoms with Crippen molar-refractivity contribution in [2.45, 2.75) is 45.1 Å². The molecule has 4 N–H and O–H groups in total. The van der Waals surface area contributed by atoms with Gasteiger partial charge in [0.05, 0.1) is 5.41 Å². The van der Waals surface area contributed by atoms with Gasteiger partial charge in [-0.3, -0.25) is 9.59 Å². The molecule has 0 aromatic rings. The number of piperidine rings is 1. The van der Waals surface area contributed by atoms with E-state index in [2.05, 4.69) is 5.32 Å². The fourth-order valence-corrected chi connectivity index (χ4v) is 3.26. The number of carbonyl (C=O) groups excluding carboxylic acids is 2. The molecule has 7 nitrogen and oxygen atoms in total. The molecule has 3 amide bonds. The number of likely N-dealkylation sites (tertiary alicyclic amines) is 1. The molecular weight excluding hydrogens is 274 g/mol. The first-order valence-corrected chi connectivity index (χ1v) is 7.43. The summed E-state index contributed by atoms with van der Waals surface area (Å²) in [6.07, 6.45) is 3.22. The number of urea groups is 1. The summed E-state index contributed by atoms with van der Waals surface area (Å²) >= 11 is 0. The Balaban J connectivity index is 1.91. The Labute approximate surface area is 123 Å². The first kappa shape index (κ1) is 15.6. The lowest BCUT2D eigenvalue weighted by Crippen LogP contribution is -2.53. The van der Waals surface area contributed by atoms with E-state index >= 15 is 0 Å². The SMILES string of the molecule is CC1(C(=O)O)CCCC1NC(=O)N1CCC(C(N)=O)CC1. The molecule has 0 spiro atoms. The van der Waals surface area contributed by atoms with Crippen molar-refractivity contribution in [2.24, 2.45) is 17.1 Å². The molecule has 1 aliphatic carbocycles. The lowest BCUT2D eigenvalue weighted by Gasteiger charge is -2.34. The van der Waals surface area contributed by atoms with Gasteiger partial charge in [0.15, 0.2) is 0 Å². The Hall–Kier alpha value is -1.79. The van der Waals surface area contributed by atoms with Crippen LogP contribution in [0.3, 0.4) is 0 Å². The van der Waals surface area contributed by atoms with E-state index in [-0.39, 0.29) is 23.9 Å². The molecule has 2 fully saturated rings. The molecule has 7 heteroatoms. The highest BCUT2D eigenvalue weighted by molar-refractivity contribution is 5.80. The Morgan fingerprint density at radius 2 is 1.86 bits per heavy atom. The van der Waals surface area contributed by atoms with E-state index in [1.54, 1.807) is 11.8 Å². The maximum absolute atomic E-state index is 12.2. The van der Waals surface area contributed by atoms with Gasteiger partial charge in [0.2, 0.25) is 5.91 Å². The van der Waals surface area contributed by atoms with Crippen LogP contribution in [0, 0.1) is 11.3 Å². The van der Waals surface area contributed by atoms with Crippen molar-refractivity contribution in [2.75, 3.05) is 13.1 Å². The van der Waals surface area contributed by atoms with E-state index in [0.717, 1.165) is 6.42 Å². The summed E-state index contributed by atoms with van der Waals surface area (Å²) in [4.78, 5) is 36.4. The molecule has 0 bridgehead atoms. The van der Waals surface area contributed by atoms with Crippen molar-refractivity contribution in [3.05, 3.63) is 0 Å². The summed E-state index contributed by atoms with van der Waals surface area (Å²) in [6.45, 7) is 2.65. The first-order valence-electron chi connectivity index (χ1n) is 7.43. The number of hydrogen-bond acceptors (Lipinski definition) is 3. The Bertz CT molecular complexity index is 446. The average molecular weight is 297 g/mol. The number of nitrogens with one attached hydrogen (secondary N) is 1. The standard InChI is InChI=1S/C14H23N3O4/c1-14(12(19)20)6-2-3-10(14)16-13(21)17-7-4-9(5-8-17)11(15)18/h9-10H,2-8H2,1H3,(H2,15,18)(H,16,21)(H,19,20). The number of nitrogens with zero attached hydrogens (tertiary/aromatic N) is 1. The van der Waals surface area contributed by atoms with Crippen LogP contribution in [-0.2, 0) is 9.59 Å². The average Bonchev–Trinajstić information content (AvgIpc) is 2.81. The van der Waals surface area contributed by atoms with Crippen molar-refractivity contribution in [1.82, 2.24) is 10.2 Å². The summed E-state index contributed by atoms with van der Waals surface area (Å²) in [5, 5.41) is 12.2. The van der Waals surface area contributed by atoms with Crippen molar-refractivity contribution in [3.8, 4) is 0 Å². The second-order valence-corrected chi connectivity index (χ2v) is 6.28.